The maximum absolute atomic E-state index is 11.6. The Morgan fingerprint density at radius 2 is 2.40 bits per heavy atom. The first-order chi connectivity index (χ1) is 7.24. The number of hydrogen-bond acceptors (Lipinski definition) is 3. The third-order valence-corrected chi connectivity index (χ3v) is 2.27. The molecule has 0 spiro atoms. The minimum absolute atomic E-state index is 0.299. The molecule has 0 amide bonds. The van der Waals surface area contributed by atoms with Crippen LogP contribution in [0.3, 0.4) is 0 Å². The van der Waals surface area contributed by atoms with Crippen molar-refractivity contribution in [2.45, 2.75) is 13.8 Å². The van der Waals surface area contributed by atoms with Gasteiger partial charge in [0.05, 0.1) is 12.2 Å². The molecule has 78 valence electrons. The number of carbonyl (C=O) groups excluding carboxylic acids is 1. The van der Waals surface area contributed by atoms with Gasteiger partial charge in [-0.15, -0.1) is 0 Å². The molecule has 0 bridgehead atoms. The lowest BCUT2D eigenvalue weighted by atomic mass is 10.1. The van der Waals surface area contributed by atoms with Crippen molar-refractivity contribution in [3.63, 3.8) is 0 Å². The van der Waals surface area contributed by atoms with Crippen LogP contribution < -0.4 is 0 Å². The maximum Gasteiger partial charge on any atom is 0.338 e. The highest BCUT2D eigenvalue weighted by Crippen LogP contribution is 2.20. The zero-order valence-electron chi connectivity index (χ0n) is 8.70. The van der Waals surface area contributed by atoms with Crippen molar-refractivity contribution in [3.8, 4) is 0 Å². The molecule has 0 fully saturated rings. The molecule has 0 saturated heterocycles. The van der Waals surface area contributed by atoms with Crippen LogP contribution in [0.25, 0.3) is 11.0 Å². The molecule has 2 aromatic rings. The standard InChI is InChI=1S/C11H12N2O2/c1-3-15-11(14)8-4-5-12-10-9(8)7(2)6-13-10/h4-6H,3H2,1-2H3,(H,12,13). The third kappa shape index (κ3) is 1.58. The van der Waals surface area contributed by atoms with Crippen molar-refractivity contribution in [2.75, 3.05) is 6.61 Å². The second-order valence-corrected chi connectivity index (χ2v) is 3.27. The van der Waals surface area contributed by atoms with Gasteiger partial charge in [-0.2, -0.15) is 0 Å². The predicted molar refractivity (Wildman–Crippen MR) is 56.8 cm³/mol. The van der Waals surface area contributed by atoms with Crippen LogP contribution in [0.4, 0.5) is 0 Å². The average Bonchev–Trinajstić information content (AvgIpc) is 2.61. The summed E-state index contributed by atoms with van der Waals surface area (Å²) in [5.74, 6) is -0.299. The molecule has 0 unspecified atom stereocenters. The number of pyridine rings is 1. The normalized spacial score (nSPS) is 10.5. The summed E-state index contributed by atoms with van der Waals surface area (Å²) >= 11 is 0. The summed E-state index contributed by atoms with van der Waals surface area (Å²) in [6, 6.07) is 1.68. The monoisotopic (exact) mass is 204 g/mol. The number of nitrogens with one attached hydrogen (secondary N) is 1. The highest BCUT2D eigenvalue weighted by Gasteiger charge is 2.13. The van der Waals surface area contributed by atoms with E-state index in [2.05, 4.69) is 9.97 Å². The SMILES string of the molecule is CCOC(=O)c1ccnc2[nH]cc(C)c12. The Morgan fingerprint density at radius 3 is 3.13 bits per heavy atom. The van der Waals surface area contributed by atoms with Gasteiger partial charge in [-0.1, -0.05) is 0 Å². The number of H-pyrrole nitrogens is 1. The molecular formula is C11H12N2O2. The van der Waals surface area contributed by atoms with Gasteiger partial charge >= 0.3 is 5.97 Å². The van der Waals surface area contributed by atoms with Gasteiger partial charge in [0.2, 0.25) is 0 Å². The topological polar surface area (TPSA) is 55.0 Å². The summed E-state index contributed by atoms with van der Waals surface area (Å²) in [6.07, 6.45) is 3.44. The van der Waals surface area contributed by atoms with Gasteiger partial charge < -0.3 is 9.72 Å². The number of ether oxygens (including phenoxy) is 1. The Balaban J connectivity index is 2.59. The average molecular weight is 204 g/mol. The number of carbonyl (C=O) groups is 1. The fourth-order valence-electron chi connectivity index (χ4n) is 1.60. The summed E-state index contributed by atoms with van der Waals surface area (Å²) in [7, 11) is 0. The van der Waals surface area contributed by atoms with Gasteiger partial charge in [-0.25, -0.2) is 9.78 Å². The van der Waals surface area contributed by atoms with E-state index in [-0.39, 0.29) is 5.97 Å². The number of nitrogens with zero attached hydrogens (tertiary/aromatic N) is 1. The van der Waals surface area contributed by atoms with Gasteiger partial charge in [-0.05, 0) is 25.5 Å². The van der Waals surface area contributed by atoms with E-state index < -0.39 is 0 Å². The van der Waals surface area contributed by atoms with Crippen LogP contribution in [-0.4, -0.2) is 22.5 Å². The highest BCUT2D eigenvalue weighted by molar-refractivity contribution is 6.03. The van der Waals surface area contributed by atoms with E-state index in [1.54, 1.807) is 19.2 Å². The van der Waals surface area contributed by atoms with Crippen molar-refractivity contribution in [1.29, 1.82) is 0 Å². The molecule has 0 aliphatic heterocycles. The molecule has 15 heavy (non-hydrogen) atoms. The van der Waals surface area contributed by atoms with E-state index in [9.17, 15) is 4.79 Å². The molecule has 4 nitrogen and oxygen atoms in total. The molecule has 0 aromatic carbocycles. The van der Waals surface area contributed by atoms with Gasteiger partial charge in [0.25, 0.3) is 0 Å². The summed E-state index contributed by atoms with van der Waals surface area (Å²) in [5, 5.41) is 0.843. The number of esters is 1. The van der Waals surface area contributed by atoms with Gasteiger partial charge in [0.1, 0.15) is 5.65 Å². The van der Waals surface area contributed by atoms with E-state index >= 15 is 0 Å². The van der Waals surface area contributed by atoms with Crippen molar-refractivity contribution in [1.82, 2.24) is 9.97 Å². The zero-order valence-corrected chi connectivity index (χ0v) is 8.70. The van der Waals surface area contributed by atoms with Crippen LogP contribution in [0.2, 0.25) is 0 Å². The van der Waals surface area contributed by atoms with E-state index in [4.69, 9.17) is 4.74 Å². The smallest absolute Gasteiger partial charge is 0.338 e. The number of aromatic nitrogens is 2. The Kier molecular flexibility index (Phi) is 2.41. The van der Waals surface area contributed by atoms with Crippen LogP contribution in [0, 0.1) is 6.92 Å². The highest BCUT2D eigenvalue weighted by atomic mass is 16.5. The van der Waals surface area contributed by atoms with Gasteiger partial charge in [0.15, 0.2) is 0 Å². The molecule has 2 aromatic heterocycles. The first-order valence-electron chi connectivity index (χ1n) is 4.84. The van der Waals surface area contributed by atoms with E-state index in [0.29, 0.717) is 12.2 Å². The molecule has 0 atom stereocenters. The van der Waals surface area contributed by atoms with Crippen molar-refractivity contribution in [2.24, 2.45) is 0 Å². The Labute approximate surface area is 87.3 Å². The quantitative estimate of drug-likeness (QED) is 0.761. The van der Waals surface area contributed by atoms with Crippen LogP contribution in [-0.2, 0) is 4.74 Å². The van der Waals surface area contributed by atoms with Crippen molar-refractivity contribution >= 4 is 17.0 Å². The van der Waals surface area contributed by atoms with E-state index in [1.165, 1.54) is 0 Å². The summed E-state index contributed by atoms with van der Waals surface area (Å²) in [5.41, 5.74) is 2.29. The number of rotatable bonds is 2. The first-order valence-corrected chi connectivity index (χ1v) is 4.84. The Morgan fingerprint density at radius 1 is 1.60 bits per heavy atom. The largest absolute Gasteiger partial charge is 0.462 e. The zero-order chi connectivity index (χ0) is 10.8. The fraction of sp³-hybridized carbons (Fsp3) is 0.273. The van der Waals surface area contributed by atoms with Crippen LogP contribution in [0.15, 0.2) is 18.5 Å². The molecule has 0 aliphatic carbocycles. The predicted octanol–water partition coefficient (Wildman–Crippen LogP) is 2.05. The maximum atomic E-state index is 11.6. The number of aromatic amines is 1. The minimum atomic E-state index is -0.299. The lowest BCUT2D eigenvalue weighted by Gasteiger charge is -2.03. The number of aryl methyl sites for hydroxylation is 1. The second kappa shape index (κ2) is 3.73. The second-order valence-electron chi connectivity index (χ2n) is 3.27. The molecule has 2 rings (SSSR count). The number of hydrogen-bond donors (Lipinski definition) is 1. The lowest BCUT2D eigenvalue weighted by Crippen LogP contribution is -2.05. The minimum Gasteiger partial charge on any atom is -0.462 e. The molecule has 2 heterocycles. The fourth-order valence-corrected chi connectivity index (χ4v) is 1.60. The molecule has 0 aliphatic rings. The van der Waals surface area contributed by atoms with Crippen LogP contribution in [0.5, 0.6) is 0 Å². The summed E-state index contributed by atoms with van der Waals surface area (Å²) in [6.45, 7) is 4.11. The van der Waals surface area contributed by atoms with Gasteiger partial charge in [-0.3, -0.25) is 0 Å². The number of fused-ring (bicyclic) bond motifs is 1. The molecular weight excluding hydrogens is 192 g/mol. The third-order valence-electron chi connectivity index (χ3n) is 2.27. The van der Waals surface area contributed by atoms with Crippen molar-refractivity contribution < 1.29 is 9.53 Å². The van der Waals surface area contributed by atoms with Gasteiger partial charge in [0, 0.05) is 17.8 Å². The Bertz CT molecular complexity index is 502. The molecule has 1 N–H and O–H groups in total. The first kappa shape index (κ1) is 9.71. The summed E-state index contributed by atoms with van der Waals surface area (Å²) < 4.78 is 4.98. The molecule has 4 heteroatoms. The lowest BCUT2D eigenvalue weighted by molar-refractivity contribution is 0.0528. The molecule has 0 saturated carbocycles. The molecule has 0 radical (unpaired) electrons. The van der Waals surface area contributed by atoms with E-state index in [0.717, 1.165) is 16.6 Å². The van der Waals surface area contributed by atoms with E-state index in [1.807, 2.05) is 13.1 Å². The van der Waals surface area contributed by atoms with Crippen molar-refractivity contribution in [3.05, 3.63) is 29.6 Å². The summed E-state index contributed by atoms with van der Waals surface area (Å²) in [4.78, 5) is 18.8. The van der Waals surface area contributed by atoms with Crippen LogP contribution >= 0.6 is 0 Å². The Hall–Kier alpha value is -1.84. The van der Waals surface area contributed by atoms with Crippen LogP contribution in [0.1, 0.15) is 22.8 Å².